The molecule has 2 N–H and O–H groups in total. The van der Waals surface area contributed by atoms with Crippen molar-refractivity contribution in [1.82, 2.24) is 19.9 Å². The van der Waals surface area contributed by atoms with Crippen LogP contribution in [0.25, 0.3) is 22.2 Å². The highest BCUT2D eigenvalue weighted by atomic mass is 35.5. The Hall–Kier alpha value is -3.29. The van der Waals surface area contributed by atoms with Crippen LogP contribution < -0.4 is 10.6 Å². The molecule has 1 aromatic carbocycles. The maximum atomic E-state index is 13.6. The molecule has 33 heavy (non-hydrogen) atoms. The number of anilines is 1. The number of carbonyl (C=O) groups is 1. The molecular weight excluding hydrogens is 441 g/mol. The number of halogens is 2. The Morgan fingerprint density at radius 2 is 2.12 bits per heavy atom. The van der Waals surface area contributed by atoms with E-state index in [2.05, 4.69) is 20.6 Å². The number of amides is 1. The van der Waals surface area contributed by atoms with Crippen LogP contribution in [0.4, 0.5) is 10.2 Å². The Bertz CT molecular complexity index is 1320. The summed E-state index contributed by atoms with van der Waals surface area (Å²) in [6.45, 7) is 2.15. The van der Waals surface area contributed by atoms with E-state index in [-0.39, 0.29) is 17.6 Å². The van der Waals surface area contributed by atoms with Crippen molar-refractivity contribution in [1.29, 1.82) is 0 Å². The number of aromatic nitrogens is 3. The zero-order valence-electron chi connectivity index (χ0n) is 17.9. The lowest BCUT2D eigenvalue weighted by Gasteiger charge is -2.21. The number of benzene rings is 1. The molecule has 3 aromatic heterocycles. The molecule has 6 nitrogen and oxygen atoms in total. The van der Waals surface area contributed by atoms with Crippen molar-refractivity contribution < 1.29 is 9.18 Å². The van der Waals surface area contributed by atoms with Crippen LogP contribution in [-0.4, -0.2) is 33.5 Å². The van der Waals surface area contributed by atoms with Gasteiger partial charge in [0.15, 0.2) is 0 Å². The standard InChI is InChI=1S/C25H23ClFN5O/c26-21-14-30-24(31-25(33)18-4-2-7-28-12-18)10-20(21)22-11-23-17(13-29-22)6-8-32(23)15-16-3-1-5-19(27)9-16/h1,3,5-6,8-11,13-14,18,28H,2,4,7,12,15H2,(H,30,31,33)/t18-/m1/s1. The molecule has 0 bridgehead atoms. The van der Waals surface area contributed by atoms with Crippen molar-refractivity contribution in [2.45, 2.75) is 19.4 Å². The number of piperidine rings is 1. The van der Waals surface area contributed by atoms with Gasteiger partial charge in [-0.05, 0) is 55.3 Å². The molecule has 4 heterocycles. The summed E-state index contributed by atoms with van der Waals surface area (Å²) >= 11 is 6.45. The summed E-state index contributed by atoms with van der Waals surface area (Å²) in [5.74, 6) is 0.0751. The van der Waals surface area contributed by atoms with Crippen molar-refractivity contribution in [3.05, 3.63) is 77.5 Å². The van der Waals surface area contributed by atoms with E-state index in [1.807, 2.05) is 29.0 Å². The first-order valence-electron chi connectivity index (χ1n) is 10.9. The van der Waals surface area contributed by atoms with Gasteiger partial charge in [-0.15, -0.1) is 0 Å². The first kappa shape index (κ1) is 21.6. The zero-order chi connectivity index (χ0) is 22.8. The molecule has 4 aromatic rings. The third kappa shape index (κ3) is 4.74. The molecule has 1 aliphatic heterocycles. The van der Waals surface area contributed by atoms with E-state index in [4.69, 9.17) is 11.6 Å². The second kappa shape index (κ2) is 9.29. The molecular formula is C25H23ClFN5O. The summed E-state index contributed by atoms with van der Waals surface area (Å²) in [7, 11) is 0. The normalized spacial score (nSPS) is 16.1. The van der Waals surface area contributed by atoms with Crippen molar-refractivity contribution >= 4 is 34.2 Å². The molecule has 0 radical (unpaired) electrons. The van der Waals surface area contributed by atoms with E-state index in [0.29, 0.717) is 35.2 Å². The number of pyridine rings is 2. The van der Waals surface area contributed by atoms with E-state index >= 15 is 0 Å². The maximum Gasteiger partial charge on any atom is 0.229 e. The Kier molecular flexibility index (Phi) is 6.07. The zero-order valence-corrected chi connectivity index (χ0v) is 18.6. The molecule has 1 aliphatic rings. The SMILES string of the molecule is O=C(Nc1cc(-c2cc3c(ccn3Cc3cccc(F)c3)cn2)c(Cl)cn1)[C@@H]1CCCNC1. The van der Waals surface area contributed by atoms with Gasteiger partial charge in [-0.2, -0.15) is 0 Å². The van der Waals surface area contributed by atoms with Crippen molar-refractivity contribution in [3.8, 4) is 11.3 Å². The van der Waals surface area contributed by atoms with Crippen LogP contribution in [0.3, 0.4) is 0 Å². The summed E-state index contributed by atoms with van der Waals surface area (Å²) in [6, 6.07) is 12.3. The molecule has 1 fully saturated rings. The number of fused-ring (bicyclic) bond motifs is 1. The molecule has 5 rings (SSSR count). The summed E-state index contributed by atoms with van der Waals surface area (Å²) in [5, 5.41) is 7.58. The number of hydrogen-bond acceptors (Lipinski definition) is 4. The van der Waals surface area contributed by atoms with E-state index in [1.165, 1.54) is 18.3 Å². The van der Waals surface area contributed by atoms with E-state index in [1.54, 1.807) is 18.3 Å². The molecule has 1 amide bonds. The van der Waals surface area contributed by atoms with Gasteiger partial charge >= 0.3 is 0 Å². The average Bonchev–Trinajstić information content (AvgIpc) is 3.23. The minimum Gasteiger partial charge on any atom is -0.343 e. The van der Waals surface area contributed by atoms with Crippen molar-refractivity contribution in [2.24, 2.45) is 5.92 Å². The molecule has 0 saturated carbocycles. The largest absolute Gasteiger partial charge is 0.343 e. The Labute approximate surface area is 195 Å². The summed E-state index contributed by atoms with van der Waals surface area (Å²) in [6.07, 6.45) is 7.12. The van der Waals surface area contributed by atoms with Gasteiger partial charge < -0.3 is 15.2 Å². The highest BCUT2D eigenvalue weighted by Gasteiger charge is 2.21. The van der Waals surface area contributed by atoms with Crippen LogP contribution in [0.15, 0.2) is 61.1 Å². The van der Waals surface area contributed by atoms with Gasteiger partial charge in [0.05, 0.1) is 22.2 Å². The van der Waals surface area contributed by atoms with Gasteiger partial charge in [-0.1, -0.05) is 23.7 Å². The summed E-state index contributed by atoms with van der Waals surface area (Å²) in [4.78, 5) is 21.5. The molecule has 1 atom stereocenters. The Morgan fingerprint density at radius 3 is 2.94 bits per heavy atom. The number of nitrogens with one attached hydrogen (secondary N) is 2. The van der Waals surface area contributed by atoms with Crippen LogP contribution in [0.2, 0.25) is 5.02 Å². The van der Waals surface area contributed by atoms with Crippen LogP contribution in [0.1, 0.15) is 18.4 Å². The van der Waals surface area contributed by atoms with Crippen molar-refractivity contribution in [2.75, 3.05) is 18.4 Å². The number of hydrogen-bond donors (Lipinski definition) is 2. The number of rotatable bonds is 5. The second-order valence-electron chi connectivity index (χ2n) is 8.28. The van der Waals surface area contributed by atoms with Gasteiger partial charge in [0.2, 0.25) is 5.91 Å². The lowest BCUT2D eigenvalue weighted by atomic mass is 9.99. The fourth-order valence-corrected chi connectivity index (χ4v) is 4.41. The third-order valence-corrected chi connectivity index (χ3v) is 6.25. The monoisotopic (exact) mass is 463 g/mol. The fraction of sp³-hybridized carbons (Fsp3) is 0.240. The van der Waals surface area contributed by atoms with E-state index in [9.17, 15) is 9.18 Å². The highest BCUT2D eigenvalue weighted by molar-refractivity contribution is 6.33. The van der Waals surface area contributed by atoms with Crippen LogP contribution in [-0.2, 0) is 11.3 Å². The molecule has 0 aliphatic carbocycles. The first-order valence-corrected chi connectivity index (χ1v) is 11.3. The van der Waals surface area contributed by atoms with Gasteiger partial charge in [0, 0.05) is 42.6 Å². The summed E-state index contributed by atoms with van der Waals surface area (Å²) in [5.41, 5.74) is 3.18. The maximum absolute atomic E-state index is 13.6. The van der Waals surface area contributed by atoms with E-state index in [0.717, 1.165) is 35.9 Å². The van der Waals surface area contributed by atoms with Crippen LogP contribution >= 0.6 is 11.6 Å². The van der Waals surface area contributed by atoms with E-state index < -0.39 is 0 Å². The van der Waals surface area contributed by atoms with Gasteiger partial charge in [0.1, 0.15) is 11.6 Å². The lowest BCUT2D eigenvalue weighted by molar-refractivity contribution is -0.120. The second-order valence-corrected chi connectivity index (χ2v) is 8.69. The average molecular weight is 464 g/mol. The smallest absolute Gasteiger partial charge is 0.229 e. The van der Waals surface area contributed by atoms with Crippen LogP contribution in [0.5, 0.6) is 0 Å². The van der Waals surface area contributed by atoms with Crippen molar-refractivity contribution in [3.63, 3.8) is 0 Å². The Balaban J connectivity index is 1.43. The minimum absolute atomic E-state index is 0.0460. The lowest BCUT2D eigenvalue weighted by Crippen LogP contribution is -2.37. The number of carbonyl (C=O) groups excluding carboxylic acids is 1. The van der Waals surface area contributed by atoms with Gasteiger partial charge in [-0.25, -0.2) is 9.37 Å². The highest BCUT2D eigenvalue weighted by Crippen LogP contribution is 2.30. The quantitative estimate of drug-likeness (QED) is 0.442. The summed E-state index contributed by atoms with van der Waals surface area (Å²) < 4.78 is 15.7. The first-order chi connectivity index (χ1) is 16.1. The molecule has 0 spiro atoms. The third-order valence-electron chi connectivity index (χ3n) is 5.95. The fourth-order valence-electron chi connectivity index (χ4n) is 4.21. The Morgan fingerprint density at radius 1 is 1.21 bits per heavy atom. The number of nitrogens with zero attached hydrogens (tertiary/aromatic N) is 3. The predicted molar refractivity (Wildman–Crippen MR) is 128 cm³/mol. The molecule has 1 saturated heterocycles. The van der Waals surface area contributed by atoms with Gasteiger partial charge in [-0.3, -0.25) is 9.78 Å². The predicted octanol–water partition coefficient (Wildman–Crippen LogP) is 4.88. The molecule has 8 heteroatoms. The topological polar surface area (TPSA) is 71.8 Å². The van der Waals surface area contributed by atoms with Gasteiger partial charge in [0.25, 0.3) is 0 Å². The van der Waals surface area contributed by atoms with Crippen LogP contribution in [0, 0.1) is 11.7 Å². The molecule has 0 unspecified atom stereocenters. The molecule has 168 valence electrons. The minimum atomic E-state index is -0.256.